The van der Waals surface area contributed by atoms with Crippen molar-refractivity contribution in [2.24, 2.45) is 5.73 Å². The lowest BCUT2D eigenvalue weighted by molar-refractivity contribution is 0.400. The van der Waals surface area contributed by atoms with Gasteiger partial charge in [0.25, 0.3) is 0 Å². The molecule has 0 radical (unpaired) electrons. The molecule has 0 atom stereocenters. The van der Waals surface area contributed by atoms with Gasteiger partial charge in [0.2, 0.25) is 10.0 Å². The summed E-state index contributed by atoms with van der Waals surface area (Å²) in [5.41, 5.74) is 5.14. The summed E-state index contributed by atoms with van der Waals surface area (Å²) in [6.45, 7) is 1.26. The fraction of sp³-hybridized carbons (Fsp3) is 0.857. The fourth-order valence-electron chi connectivity index (χ4n) is 0.861. The Hall–Kier alpha value is -0.240. The summed E-state index contributed by atoms with van der Waals surface area (Å²) in [6.07, 6.45) is 0.767. The van der Waals surface area contributed by atoms with Gasteiger partial charge in [0.1, 0.15) is 5.75 Å². The summed E-state index contributed by atoms with van der Waals surface area (Å²) in [7, 11) is 0.555. The molecule has 0 amide bonds. The number of sulfonamides is 1. The molecule has 0 saturated carbocycles. The van der Waals surface area contributed by atoms with Crippen LogP contribution in [-0.4, -0.2) is 51.2 Å². The monoisotopic (exact) mass is 239 g/mol. The molecular weight excluding hydrogens is 222 g/mol. The van der Waals surface area contributed by atoms with Crippen LogP contribution in [0.3, 0.4) is 0 Å². The topological polar surface area (TPSA) is 75.4 Å². The molecular formula is C7H17N3O2S2. The van der Waals surface area contributed by atoms with E-state index in [1.54, 1.807) is 0 Å². The quantitative estimate of drug-likeness (QED) is 0.447. The zero-order valence-corrected chi connectivity index (χ0v) is 10.1. The Kier molecular flexibility index (Phi) is 6.17. The van der Waals surface area contributed by atoms with Crippen LogP contribution >= 0.6 is 12.2 Å². The highest BCUT2D eigenvalue weighted by Crippen LogP contribution is 1.87. The molecule has 0 aliphatic rings. The van der Waals surface area contributed by atoms with Gasteiger partial charge < -0.3 is 10.6 Å². The van der Waals surface area contributed by atoms with E-state index in [1.165, 1.54) is 0 Å². The maximum atomic E-state index is 11.2. The predicted molar refractivity (Wildman–Crippen MR) is 61.7 cm³/mol. The van der Waals surface area contributed by atoms with Gasteiger partial charge in [0.05, 0.1) is 4.99 Å². The van der Waals surface area contributed by atoms with E-state index in [0.29, 0.717) is 6.54 Å². The summed E-state index contributed by atoms with van der Waals surface area (Å²) in [6, 6.07) is 0. The van der Waals surface area contributed by atoms with Crippen LogP contribution in [0.15, 0.2) is 0 Å². The van der Waals surface area contributed by atoms with Gasteiger partial charge in [-0.1, -0.05) is 12.2 Å². The number of nitrogens with two attached hydrogens (primary N) is 1. The van der Waals surface area contributed by atoms with Crippen molar-refractivity contribution in [3.05, 3.63) is 0 Å². The third kappa shape index (κ3) is 8.36. The molecule has 5 nitrogen and oxygen atoms in total. The van der Waals surface area contributed by atoms with Crippen LogP contribution in [0, 0.1) is 0 Å². The van der Waals surface area contributed by atoms with Crippen LogP contribution in [0.5, 0.6) is 0 Å². The van der Waals surface area contributed by atoms with Crippen molar-refractivity contribution in [2.75, 3.05) is 32.9 Å². The van der Waals surface area contributed by atoms with E-state index in [9.17, 15) is 8.42 Å². The van der Waals surface area contributed by atoms with E-state index in [0.717, 1.165) is 13.0 Å². The van der Waals surface area contributed by atoms with Gasteiger partial charge in [0.15, 0.2) is 0 Å². The Morgan fingerprint density at radius 2 is 2.07 bits per heavy atom. The maximum Gasteiger partial charge on any atom is 0.218 e. The van der Waals surface area contributed by atoms with Gasteiger partial charge in [-0.2, -0.15) is 0 Å². The van der Waals surface area contributed by atoms with Gasteiger partial charge in [-0.25, -0.2) is 13.1 Å². The van der Waals surface area contributed by atoms with Gasteiger partial charge in [0, 0.05) is 6.54 Å². The molecule has 14 heavy (non-hydrogen) atoms. The van der Waals surface area contributed by atoms with Crippen molar-refractivity contribution >= 4 is 27.2 Å². The minimum Gasteiger partial charge on any atom is -0.392 e. The highest BCUT2D eigenvalue weighted by Gasteiger charge is 2.10. The van der Waals surface area contributed by atoms with Crippen molar-refractivity contribution in [3.63, 3.8) is 0 Å². The van der Waals surface area contributed by atoms with E-state index >= 15 is 0 Å². The van der Waals surface area contributed by atoms with E-state index in [-0.39, 0.29) is 10.7 Å². The second-order valence-electron chi connectivity index (χ2n) is 3.28. The van der Waals surface area contributed by atoms with Gasteiger partial charge >= 0.3 is 0 Å². The first kappa shape index (κ1) is 13.8. The molecule has 0 saturated heterocycles. The van der Waals surface area contributed by atoms with E-state index in [1.807, 2.05) is 19.0 Å². The fourth-order valence-corrected chi connectivity index (χ4v) is 2.26. The van der Waals surface area contributed by atoms with Crippen LogP contribution in [0.1, 0.15) is 6.42 Å². The molecule has 0 unspecified atom stereocenters. The maximum absolute atomic E-state index is 11.2. The largest absolute Gasteiger partial charge is 0.392 e. The SMILES string of the molecule is CN(C)CCCNS(=O)(=O)CC(N)=S. The number of hydrogen-bond donors (Lipinski definition) is 2. The Morgan fingerprint density at radius 1 is 1.50 bits per heavy atom. The van der Waals surface area contributed by atoms with Crippen molar-refractivity contribution in [1.82, 2.24) is 9.62 Å². The lowest BCUT2D eigenvalue weighted by Crippen LogP contribution is -2.33. The van der Waals surface area contributed by atoms with Crippen molar-refractivity contribution in [2.45, 2.75) is 6.42 Å². The predicted octanol–water partition coefficient (Wildman–Crippen LogP) is -0.856. The second-order valence-corrected chi connectivity index (χ2v) is 5.61. The number of rotatable bonds is 7. The molecule has 0 aromatic rings. The van der Waals surface area contributed by atoms with Crippen LogP contribution in [0.25, 0.3) is 0 Å². The lowest BCUT2D eigenvalue weighted by atomic mass is 10.4. The third-order valence-electron chi connectivity index (χ3n) is 1.44. The van der Waals surface area contributed by atoms with Crippen molar-refractivity contribution in [3.8, 4) is 0 Å². The van der Waals surface area contributed by atoms with Crippen LogP contribution < -0.4 is 10.5 Å². The second kappa shape index (κ2) is 6.28. The Morgan fingerprint density at radius 3 is 2.50 bits per heavy atom. The lowest BCUT2D eigenvalue weighted by Gasteiger charge is -2.09. The van der Waals surface area contributed by atoms with E-state index in [4.69, 9.17) is 5.73 Å². The highest BCUT2D eigenvalue weighted by molar-refractivity contribution is 7.92. The first-order valence-electron chi connectivity index (χ1n) is 4.24. The molecule has 0 rings (SSSR count). The molecule has 7 heteroatoms. The molecule has 3 N–H and O–H groups in total. The molecule has 0 aliphatic carbocycles. The minimum absolute atomic E-state index is 0.00916. The first-order valence-corrected chi connectivity index (χ1v) is 6.30. The number of nitrogens with zero attached hydrogens (tertiary/aromatic N) is 1. The Balaban J connectivity index is 3.72. The first-order chi connectivity index (χ1) is 6.33. The summed E-state index contributed by atoms with van der Waals surface area (Å²) in [5.74, 6) is -0.274. The molecule has 0 aliphatic heterocycles. The smallest absolute Gasteiger partial charge is 0.218 e. The summed E-state index contributed by atoms with van der Waals surface area (Å²) in [4.78, 5) is 1.98. The van der Waals surface area contributed by atoms with Gasteiger partial charge in [-0.15, -0.1) is 0 Å². The molecule has 0 aromatic heterocycles. The standard InChI is InChI=1S/C7H17N3O2S2/c1-10(2)5-3-4-9-14(11,12)6-7(8)13/h9H,3-6H2,1-2H3,(H2,8,13). The highest BCUT2D eigenvalue weighted by atomic mass is 32.2. The average molecular weight is 239 g/mol. The Bertz CT molecular complexity index is 275. The van der Waals surface area contributed by atoms with E-state index < -0.39 is 10.0 Å². The zero-order chi connectivity index (χ0) is 11.2. The van der Waals surface area contributed by atoms with Crippen molar-refractivity contribution in [1.29, 1.82) is 0 Å². The van der Waals surface area contributed by atoms with Gasteiger partial charge in [-0.05, 0) is 27.1 Å². The van der Waals surface area contributed by atoms with Crippen LogP contribution in [0.2, 0.25) is 0 Å². The molecule has 0 bridgehead atoms. The third-order valence-corrected chi connectivity index (χ3v) is 3.10. The van der Waals surface area contributed by atoms with Crippen molar-refractivity contribution < 1.29 is 8.42 Å². The molecule has 0 heterocycles. The average Bonchev–Trinajstić information content (AvgIpc) is 1.95. The number of hydrogen-bond acceptors (Lipinski definition) is 4. The summed E-state index contributed by atoms with van der Waals surface area (Å²) >= 11 is 4.51. The Labute approximate surface area is 90.7 Å². The van der Waals surface area contributed by atoms with Crippen LogP contribution in [-0.2, 0) is 10.0 Å². The molecule has 0 spiro atoms. The zero-order valence-electron chi connectivity index (χ0n) is 8.49. The van der Waals surface area contributed by atoms with E-state index in [2.05, 4.69) is 16.9 Å². The molecule has 0 aromatic carbocycles. The summed E-state index contributed by atoms with van der Waals surface area (Å²) in [5, 5.41) is 0. The normalized spacial score (nSPS) is 11.9. The number of thiocarbonyl (C=S) groups is 1. The van der Waals surface area contributed by atoms with Crippen LogP contribution in [0.4, 0.5) is 0 Å². The minimum atomic E-state index is -3.31. The van der Waals surface area contributed by atoms with Gasteiger partial charge in [-0.3, -0.25) is 0 Å². The number of nitrogens with one attached hydrogen (secondary N) is 1. The molecule has 0 fully saturated rings. The summed E-state index contributed by atoms with van der Waals surface area (Å²) < 4.78 is 24.8. The molecule has 84 valence electrons.